The molecule has 3 aromatic heterocycles. The number of carbonyl (C=O) groups is 1. The fourth-order valence-corrected chi connectivity index (χ4v) is 3.83. The van der Waals surface area contributed by atoms with E-state index in [9.17, 15) is 9.59 Å². The molecule has 4 aromatic rings. The average molecular weight is 395 g/mol. The highest BCUT2D eigenvalue weighted by Crippen LogP contribution is 2.31. The first-order valence-corrected chi connectivity index (χ1v) is 9.38. The number of ether oxygens (including phenoxy) is 1. The lowest BCUT2D eigenvalue weighted by Crippen LogP contribution is -2.31. The van der Waals surface area contributed by atoms with Gasteiger partial charge in [-0.25, -0.2) is 4.98 Å². The number of furan rings is 1. The molecule has 1 amide bonds. The SMILES string of the molecule is COc1ccc(-c2cc3ncn(CC(=O)NCc4ccco4)c(=O)c3s2)cc1. The monoisotopic (exact) mass is 395 g/mol. The van der Waals surface area contributed by atoms with Crippen LogP contribution in [0.15, 0.2) is 64.3 Å². The first-order chi connectivity index (χ1) is 13.6. The van der Waals surface area contributed by atoms with Gasteiger partial charge in [0.05, 0.1) is 31.8 Å². The van der Waals surface area contributed by atoms with Crippen molar-refractivity contribution in [1.82, 2.24) is 14.9 Å². The molecule has 0 unspecified atom stereocenters. The van der Waals surface area contributed by atoms with Crippen molar-refractivity contribution in [2.75, 3.05) is 7.11 Å². The number of hydrogen-bond donors (Lipinski definition) is 1. The smallest absolute Gasteiger partial charge is 0.271 e. The number of aromatic nitrogens is 2. The number of amides is 1. The van der Waals surface area contributed by atoms with Gasteiger partial charge in [0.25, 0.3) is 5.56 Å². The lowest BCUT2D eigenvalue weighted by molar-refractivity contribution is -0.122. The van der Waals surface area contributed by atoms with Gasteiger partial charge in [0.1, 0.15) is 22.8 Å². The van der Waals surface area contributed by atoms with Crippen LogP contribution in [0.4, 0.5) is 0 Å². The zero-order valence-electron chi connectivity index (χ0n) is 15.0. The third-order valence-electron chi connectivity index (χ3n) is 4.23. The quantitative estimate of drug-likeness (QED) is 0.542. The Bertz CT molecular complexity index is 1160. The van der Waals surface area contributed by atoms with E-state index in [-0.39, 0.29) is 24.6 Å². The van der Waals surface area contributed by atoms with Gasteiger partial charge in [0.2, 0.25) is 5.91 Å². The van der Waals surface area contributed by atoms with Crippen LogP contribution >= 0.6 is 11.3 Å². The maximum atomic E-state index is 12.8. The number of hydrogen-bond acceptors (Lipinski definition) is 6. The van der Waals surface area contributed by atoms with Gasteiger partial charge in [-0.2, -0.15) is 0 Å². The Morgan fingerprint density at radius 1 is 1.29 bits per heavy atom. The summed E-state index contributed by atoms with van der Waals surface area (Å²) in [4.78, 5) is 30.2. The van der Waals surface area contributed by atoms with Crippen LogP contribution in [0, 0.1) is 0 Å². The Balaban J connectivity index is 1.54. The first kappa shape index (κ1) is 18.0. The van der Waals surface area contributed by atoms with E-state index >= 15 is 0 Å². The van der Waals surface area contributed by atoms with Gasteiger partial charge in [0.15, 0.2) is 0 Å². The van der Waals surface area contributed by atoms with E-state index in [2.05, 4.69) is 10.3 Å². The molecular weight excluding hydrogens is 378 g/mol. The van der Waals surface area contributed by atoms with Gasteiger partial charge in [0, 0.05) is 4.88 Å². The number of thiophene rings is 1. The van der Waals surface area contributed by atoms with Crippen LogP contribution in [0.5, 0.6) is 5.75 Å². The van der Waals surface area contributed by atoms with Crippen LogP contribution in [0.3, 0.4) is 0 Å². The molecule has 1 N–H and O–H groups in total. The summed E-state index contributed by atoms with van der Waals surface area (Å²) in [5, 5.41) is 2.72. The highest BCUT2D eigenvalue weighted by atomic mass is 32.1. The van der Waals surface area contributed by atoms with Crippen LogP contribution in [0.2, 0.25) is 0 Å². The van der Waals surface area contributed by atoms with Crippen molar-refractivity contribution >= 4 is 27.5 Å². The fourth-order valence-electron chi connectivity index (χ4n) is 2.76. The lowest BCUT2D eigenvalue weighted by Gasteiger charge is -2.05. The molecule has 4 rings (SSSR count). The number of nitrogens with one attached hydrogen (secondary N) is 1. The number of nitrogens with zero attached hydrogens (tertiary/aromatic N) is 2. The van der Waals surface area contributed by atoms with Gasteiger partial charge in [-0.1, -0.05) is 0 Å². The summed E-state index contributed by atoms with van der Waals surface area (Å²) in [7, 11) is 1.62. The third-order valence-corrected chi connectivity index (χ3v) is 5.39. The van der Waals surface area contributed by atoms with Crippen LogP contribution < -0.4 is 15.6 Å². The van der Waals surface area contributed by atoms with Crippen molar-refractivity contribution in [3.63, 3.8) is 0 Å². The van der Waals surface area contributed by atoms with E-state index in [0.29, 0.717) is 16.0 Å². The van der Waals surface area contributed by atoms with Crippen molar-refractivity contribution in [1.29, 1.82) is 0 Å². The normalized spacial score (nSPS) is 10.9. The van der Waals surface area contributed by atoms with Crippen molar-refractivity contribution in [3.8, 4) is 16.2 Å². The Morgan fingerprint density at radius 2 is 2.11 bits per heavy atom. The van der Waals surface area contributed by atoms with Gasteiger partial charge in [-0.05, 0) is 48.0 Å². The zero-order chi connectivity index (χ0) is 19.5. The van der Waals surface area contributed by atoms with E-state index in [1.54, 1.807) is 25.5 Å². The molecule has 0 fully saturated rings. The van der Waals surface area contributed by atoms with E-state index < -0.39 is 0 Å². The Hall–Kier alpha value is -3.39. The molecule has 0 aliphatic heterocycles. The molecule has 28 heavy (non-hydrogen) atoms. The predicted octanol–water partition coefficient (Wildman–Crippen LogP) is 3.04. The molecule has 0 saturated heterocycles. The van der Waals surface area contributed by atoms with Gasteiger partial charge < -0.3 is 14.5 Å². The molecule has 0 aliphatic carbocycles. The van der Waals surface area contributed by atoms with E-state index in [1.165, 1.54) is 22.2 Å². The second-order valence-corrected chi connectivity index (χ2v) is 7.14. The summed E-state index contributed by atoms with van der Waals surface area (Å²) in [6, 6.07) is 13.0. The minimum atomic E-state index is -0.286. The average Bonchev–Trinajstić information content (AvgIpc) is 3.39. The van der Waals surface area contributed by atoms with Crippen molar-refractivity contribution in [3.05, 3.63) is 71.2 Å². The second-order valence-electron chi connectivity index (χ2n) is 6.09. The third kappa shape index (κ3) is 3.67. The largest absolute Gasteiger partial charge is 0.497 e. The highest BCUT2D eigenvalue weighted by Gasteiger charge is 2.13. The Morgan fingerprint density at radius 3 is 2.82 bits per heavy atom. The Labute approximate surface area is 164 Å². The number of rotatable bonds is 6. The van der Waals surface area contributed by atoms with Crippen LogP contribution in [-0.4, -0.2) is 22.6 Å². The molecule has 7 nitrogen and oxygen atoms in total. The van der Waals surface area contributed by atoms with Crippen LogP contribution in [-0.2, 0) is 17.9 Å². The fraction of sp³-hybridized carbons (Fsp3) is 0.150. The molecule has 0 atom stereocenters. The van der Waals surface area contributed by atoms with Crippen LogP contribution in [0.25, 0.3) is 20.7 Å². The minimum absolute atomic E-state index is 0.0990. The Kier molecular flexibility index (Phi) is 4.94. The molecule has 3 heterocycles. The van der Waals surface area contributed by atoms with Crippen LogP contribution in [0.1, 0.15) is 5.76 Å². The number of carbonyl (C=O) groups excluding carboxylic acids is 1. The molecular formula is C20H17N3O4S. The molecule has 1 aromatic carbocycles. The van der Waals surface area contributed by atoms with Crippen molar-refractivity contribution < 1.29 is 13.9 Å². The number of methoxy groups -OCH3 is 1. The predicted molar refractivity (Wildman–Crippen MR) is 106 cm³/mol. The summed E-state index contributed by atoms with van der Waals surface area (Å²) in [6.45, 7) is 0.176. The molecule has 0 saturated carbocycles. The molecule has 0 bridgehead atoms. The molecule has 0 radical (unpaired) electrons. The lowest BCUT2D eigenvalue weighted by atomic mass is 10.2. The summed E-state index contributed by atoms with van der Waals surface area (Å²) in [5.74, 6) is 1.13. The topological polar surface area (TPSA) is 86.4 Å². The number of benzene rings is 1. The zero-order valence-corrected chi connectivity index (χ0v) is 15.9. The standard InChI is InChI=1S/C20H17N3O4S/c1-26-14-6-4-13(5-7-14)17-9-16-19(28-17)20(25)23(12-22-16)11-18(24)21-10-15-3-2-8-27-15/h2-9,12H,10-11H2,1H3,(H,21,24). The molecule has 0 spiro atoms. The molecule has 8 heteroatoms. The van der Waals surface area contributed by atoms with E-state index in [4.69, 9.17) is 9.15 Å². The first-order valence-electron chi connectivity index (χ1n) is 8.56. The maximum absolute atomic E-state index is 12.8. The molecule has 142 valence electrons. The van der Waals surface area contributed by atoms with Gasteiger partial charge in [-0.3, -0.25) is 14.2 Å². The summed E-state index contributed by atoms with van der Waals surface area (Å²) >= 11 is 1.36. The minimum Gasteiger partial charge on any atom is -0.497 e. The van der Waals surface area contributed by atoms with Crippen molar-refractivity contribution in [2.45, 2.75) is 13.1 Å². The van der Waals surface area contributed by atoms with E-state index in [0.717, 1.165) is 16.2 Å². The number of fused-ring (bicyclic) bond motifs is 1. The molecule has 0 aliphatic rings. The van der Waals surface area contributed by atoms with Gasteiger partial charge in [-0.15, -0.1) is 11.3 Å². The summed E-state index contributed by atoms with van der Waals surface area (Å²) < 4.78 is 12.2. The van der Waals surface area contributed by atoms with E-state index in [1.807, 2.05) is 30.3 Å². The maximum Gasteiger partial charge on any atom is 0.271 e. The summed E-state index contributed by atoms with van der Waals surface area (Å²) in [6.07, 6.45) is 2.95. The summed E-state index contributed by atoms with van der Waals surface area (Å²) in [5.41, 5.74) is 1.36. The highest BCUT2D eigenvalue weighted by molar-refractivity contribution is 7.22. The van der Waals surface area contributed by atoms with Gasteiger partial charge >= 0.3 is 0 Å². The van der Waals surface area contributed by atoms with Crippen molar-refractivity contribution in [2.24, 2.45) is 0 Å². The second kappa shape index (κ2) is 7.69.